The maximum atomic E-state index is 9.66. The van der Waals surface area contributed by atoms with Crippen LogP contribution in [0.1, 0.15) is 37.3 Å². The van der Waals surface area contributed by atoms with Crippen molar-refractivity contribution in [2.45, 2.75) is 37.8 Å². The molecular weight excluding hydrogens is 312 g/mol. The van der Waals surface area contributed by atoms with Crippen molar-refractivity contribution >= 4 is 29.3 Å². The predicted molar refractivity (Wildman–Crippen MR) is 94.0 cm³/mol. The topological polar surface area (TPSA) is 62.4 Å². The molecule has 0 amide bonds. The average molecular weight is 333 g/mol. The quantitative estimate of drug-likeness (QED) is 0.837. The van der Waals surface area contributed by atoms with Gasteiger partial charge in [-0.3, -0.25) is 9.67 Å². The molecule has 1 aliphatic carbocycles. The Balaban J connectivity index is 1.82. The van der Waals surface area contributed by atoms with E-state index in [2.05, 4.69) is 10.3 Å². The fourth-order valence-corrected chi connectivity index (χ4v) is 3.04. The average Bonchev–Trinajstić information content (AvgIpc) is 2.93. The minimum absolute atomic E-state index is 0.162. The van der Waals surface area contributed by atoms with E-state index in [9.17, 15) is 5.11 Å². The van der Waals surface area contributed by atoms with Crippen molar-refractivity contribution in [2.24, 2.45) is 4.99 Å². The summed E-state index contributed by atoms with van der Waals surface area (Å²) < 4.78 is 2.00. The number of rotatable bonds is 4. The molecule has 1 heterocycles. The van der Waals surface area contributed by atoms with Gasteiger partial charge in [-0.2, -0.15) is 5.10 Å². The van der Waals surface area contributed by atoms with E-state index in [1.165, 1.54) is 0 Å². The van der Waals surface area contributed by atoms with Gasteiger partial charge in [-0.1, -0.05) is 11.6 Å². The van der Waals surface area contributed by atoms with Gasteiger partial charge in [-0.05, 0) is 49.9 Å². The summed E-state index contributed by atoms with van der Waals surface area (Å²) in [5.41, 5.74) is 1.89. The molecule has 2 N–H and O–H groups in total. The SMILES string of the molecule is CN=Cc1cn(C2CCC(O)CC2)nc1Nc1ccc(Cl)cc1. The second-order valence-corrected chi connectivity index (χ2v) is 6.33. The lowest BCUT2D eigenvalue weighted by molar-refractivity contribution is 0.108. The zero-order valence-electron chi connectivity index (χ0n) is 13.1. The van der Waals surface area contributed by atoms with Crippen LogP contribution in [0.25, 0.3) is 0 Å². The molecule has 1 saturated carbocycles. The van der Waals surface area contributed by atoms with Gasteiger partial charge in [-0.25, -0.2) is 0 Å². The van der Waals surface area contributed by atoms with Crippen LogP contribution in [-0.4, -0.2) is 34.3 Å². The summed E-state index contributed by atoms with van der Waals surface area (Å²) in [5.74, 6) is 0.782. The molecule has 0 atom stereocenters. The van der Waals surface area contributed by atoms with Crippen molar-refractivity contribution in [3.8, 4) is 0 Å². The van der Waals surface area contributed by atoms with Crippen LogP contribution in [0.2, 0.25) is 5.02 Å². The van der Waals surface area contributed by atoms with E-state index in [1.54, 1.807) is 13.3 Å². The van der Waals surface area contributed by atoms with Crippen molar-refractivity contribution < 1.29 is 5.11 Å². The Kier molecular flexibility index (Phi) is 4.98. The fraction of sp³-hybridized carbons (Fsp3) is 0.412. The highest BCUT2D eigenvalue weighted by molar-refractivity contribution is 6.30. The molecule has 0 saturated heterocycles. The minimum atomic E-state index is -0.162. The van der Waals surface area contributed by atoms with Crippen molar-refractivity contribution in [1.29, 1.82) is 0 Å². The first kappa shape index (κ1) is 16.0. The lowest BCUT2D eigenvalue weighted by Crippen LogP contribution is -2.21. The van der Waals surface area contributed by atoms with Crippen molar-refractivity contribution in [3.63, 3.8) is 0 Å². The van der Waals surface area contributed by atoms with E-state index in [0.717, 1.165) is 42.8 Å². The van der Waals surface area contributed by atoms with E-state index in [0.29, 0.717) is 11.1 Å². The lowest BCUT2D eigenvalue weighted by atomic mass is 9.93. The number of nitrogens with one attached hydrogen (secondary N) is 1. The van der Waals surface area contributed by atoms with E-state index in [-0.39, 0.29) is 6.10 Å². The predicted octanol–water partition coefficient (Wildman–Crippen LogP) is 3.80. The molecule has 0 aliphatic heterocycles. The van der Waals surface area contributed by atoms with Crippen LogP contribution >= 0.6 is 11.6 Å². The first-order valence-electron chi connectivity index (χ1n) is 7.87. The highest BCUT2D eigenvalue weighted by atomic mass is 35.5. The van der Waals surface area contributed by atoms with Gasteiger partial charge in [-0.15, -0.1) is 0 Å². The third kappa shape index (κ3) is 3.92. The molecule has 1 aliphatic rings. The summed E-state index contributed by atoms with van der Waals surface area (Å²) in [7, 11) is 1.75. The van der Waals surface area contributed by atoms with Gasteiger partial charge in [0.2, 0.25) is 0 Å². The molecule has 1 aromatic heterocycles. The number of halogens is 1. The number of hydrogen-bond donors (Lipinski definition) is 2. The first-order chi connectivity index (χ1) is 11.2. The summed E-state index contributed by atoms with van der Waals surface area (Å²) in [6.45, 7) is 0. The fourth-order valence-electron chi connectivity index (χ4n) is 2.92. The maximum Gasteiger partial charge on any atom is 0.161 e. The van der Waals surface area contributed by atoms with Gasteiger partial charge in [0.25, 0.3) is 0 Å². The Bertz CT molecular complexity index is 672. The van der Waals surface area contributed by atoms with Gasteiger partial charge < -0.3 is 10.4 Å². The normalized spacial score (nSPS) is 21.7. The molecule has 122 valence electrons. The number of aliphatic hydroxyl groups excluding tert-OH is 1. The van der Waals surface area contributed by atoms with Crippen molar-refractivity contribution in [3.05, 3.63) is 41.0 Å². The standard InChI is InChI=1S/C17H21ClN4O/c1-19-10-12-11-22(15-6-8-16(23)9-7-15)21-17(12)20-14-4-2-13(18)3-5-14/h2-5,10-11,15-16,23H,6-9H2,1H3,(H,20,21). The van der Waals surface area contributed by atoms with Crippen LogP contribution in [0.15, 0.2) is 35.5 Å². The maximum absolute atomic E-state index is 9.66. The number of nitrogens with zero attached hydrogens (tertiary/aromatic N) is 3. The molecule has 2 aromatic rings. The molecule has 0 radical (unpaired) electrons. The van der Waals surface area contributed by atoms with Crippen LogP contribution in [0.3, 0.4) is 0 Å². The van der Waals surface area contributed by atoms with E-state index in [4.69, 9.17) is 16.7 Å². The zero-order chi connectivity index (χ0) is 16.2. The van der Waals surface area contributed by atoms with Crippen LogP contribution in [-0.2, 0) is 0 Å². The Hall–Kier alpha value is -1.85. The Labute approximate surface area is 141 Å². The van der Waals surface area contributed by atoms with Crippen LogP contribution in [0, 0.1) is 0 Å². The summed E-state index contributed by atoms with van der Waals surface area (Å²) in [5, 5.41) is 18.4. The van der Waals surface area contributed by atoms with Crippen LogP contribution in [0.4, 0.5) is 11.5 Å². The Morgan fingerprint density at radius 2 is 1.96 bits per heavy atom. The number of hydrogen-bond acceptors (Lipinski definition) is 4. The molecule has 3 rings (SSSR count). The number of aromatic nitrogens is 2. The molecule has 5 nitrogen and oxygen atoms in total. The molecule has 6 heteroatoms. The molecule has 0 unspecified atom stereocenters. The highest BCUT2D eigenvalue weighted by Gasteiger charge is 2.22. The third-order valence-corrected chi connectivity index (χ3v) is 4.43. The van der Waals surface area contributed by atoms with E-state index >= 15 is 0 Å². The number of aliphatic imine (C=N–C) groups is 1. The lowest BCUT2D eigenvalue weighted by Gasteiger charge is -2.25. The van der Waals surface area contributed by atoms with E-state index < -0.39 is 0 Å². The van der Waals surface area contributed by atoms with Gasteiger partial charge in [0.15, 0.2) is 5.82 Å². The number of benzene rings is 1. The third-order valence-electron chi connectivity index (χ3n) is 4.18. The summed E-state index contributed by atoms with van der Waals surface area (Å²) in [6, 6.07) is 7.87. The summed E-state index contributed by atoms with van der Waals surface area (Å²) in [6.07, 6.45) is 7.24. The molecule has 1 fully saturated rings. The molecule has 1 aromatic carbocycles. The molecule has 0 bridgehead atoms. The first-order valence-corrected chi connectivity index (χ1v) is 8.25. The Morgan fingerprint density at radius 1 is 1.26 bits per heavy atom. The van der Waals surface area contributed by atoms with Gasteiger partial charge in [0.1, 0.15) is 0 Å². The minimum Gasteiger partial charge on any atom is -0.393 e. The van der Waals surface area contributed by atoms with Gasteiger partial charge in [0, 0.05) is 30.2 Å². The molecule has 23 heavy (non-hydrogen) atoms. The second kappa shape index (κ2) is 7.15. The monoisotopic (exact) mass is 332 g/mol. The summed E-state index contributed by atoms with van der Waals surface area (Å²) >= 11 is 5.92. The zero-order valence-corrected chi connectivity index (χ0v) is 13.9. The van der Waals surface area contributed by atoms with Crippen LogP contribution < -0.4 is 5.32 Å². The number of aliphatic hydroxyl groups is 1. The number of anilines is 2. The van der Waals surface area contributed by atoms with E-state index in [1.807, 2.05) is 35.1 Å². The van der Waals surface area contributed by atoms with Crippen LogP contribution in [0.5, 0.6) is 0 Å². The molecule has 0 spiro atoms. The van der Waals surface area contributed by atoms with Gasteiger partial charge in [0.05, 0.1) is 17.7 Å². The Morgan fingerprint density at radius 3 is 2.61 bits per heavy atom. The highest BCUT2D eigenvalue weighted by Crippen LogP contribution is 2.30. The smallest absolute Gasteiger partial charge is 0.161 e. The molecular formula is C17H21ClN4O. The largest absolute Gasteiger partial charge is 0.393 e. The summed E-state index contributed by atoms with van der Waals surface area (Å²) in [4.78, 5) is 4.11. The van der Waals surface area contributed by atoms with Crippen molar-refractivity contribution in [2.75, 3.05) is 12.4 Å². The van der Waals surface area contributed by atoms with Crippen molar-refractivity contribution in [1.82, 2.24) is 9.78 Å². The van der Waals surface area contributed by atoms with Gasteiger partial charge >= 0.3 is 0 Å². The second-order valence-electron chi connectivity index (χ2n) is 5.89.